The van der Waals surface area contributed by atoms with E-state index >= 15 is 0 Å². The Kier molecular flexibility index (Phi) is 4.76. The van der Waals surface area contributed by atoms with Crippen LogP contribution in [0.5, 0.6) is 0 Å². The van der Waals surface area contributed by atoms with Crippen LogP contribution < -0.4 is 10.6 Å². The van der Waals surface area contributed by atoms with Gasteiger partial charge in [0, 0.05) is 18.0 Å². The van der Waals surface area contributed by atoms with E-state index in [4.69, 9.17) is 0 Å². The molecule has 0 saturated carbocycles. The predicted octanol–water partition coefficient (Wildman–Crippen LogP) is 2.98. The Morgan fingerprint density at radius 2 is 1.89 bits per heavy atom. The molecule has 0 aromatic heterocycles. The first-order chi connectivity index (χ1) is 8.33. The Labute approximate surface area is 110 Å². The maximum atomic E-state index is 11.6. The SMILES string of the molecule is Cc1ccccc1C(C)(C)CNC(=O)NC(C)C. The quantitative estimate of drug-likeness (QED) is 0.845. The lowest BCUT2D eigenvalue weighted by Gasteiger charge is -2.27. The Morgan fingerprint density at radius 1 is 1.28 bits per heavy atom. The van der Waals surface area contributed by atoms with Gasteiger partial charge in [-0.1, -0.05) is 38.1 Å². The highest BCUT2D eigenvalue weighted by molar-refractivity contribution is 5.74. The second-order valence-electron chi connectivity index (χ2n) is 5.68. The summed E-state index contributed by atoms with van der Waals surface area (Å²) in [5, 5.41) is 5.76. The lowest BCUT2D eigenvalue weighted by molar-refractivity contribution is 0.236. The first kappa shape index (κ1) is 14.6. The molecular weight excluding hydrogens is 224 g/mol. The summed E-state index contributed by atoms with van der Waals surface area (Å²) in [6, 6.07) is 8.35. The number of carbonyl (C=O) groups is 1. The van der Waals surface area contributed by atoms with Crippen molar-refractivity contribution in [2.75, 3.05) is 6.54 Å². The van der Waals surface area contributed by atoms with E-state index in [9.17, 15) is 4.79 Å². The van der Waals surface area contributed by atoms with Crippen LogP contribution in [0.1, 0.15) is 38.8 Å². The number of benzene rings is 1. The van der Waals surface area contributed by atoms with E-state index < -0.39 is 0 Å². The first-order valence-electron chi connectivity index (χ1n) is 6.43. The highest BCUT2D eigenvalue weighted by atomic mass is 16.2. The number of carbonyl (C=O) groups excluding carboxylic acids is 1. The van der Waals surface area contributed by atoms with E-state index in [2.05, 4.69) is 43.5 Å². The number of rotatable bonds is 4. The van der Waals surface area contributed by atoms with E-state index in [1.165, 1.54) is 11.1 Å². The number of aryl methyl sites for hydroxylation is 1. The lowest BCUT2D eigenvalue weighted by atomic mass is 9.82. The zero-order chi connectivity index (χ0) is 13.8. The van der Waals surface area contributed by atoms with Crippen LogP contribution in [0.4, 0.5) is 4.79 Å². The summed E-state index contributed by atoms with van der Waals surface area (Å²) in [5.41, 5.74) is 2.46. The summed E-state index contributed by atoms with van der Waals surface area (Å²) in [6.45, 7) is 10.9. The van der Waals surface area contributed by atoms with Crippen molar-refractivity contribution in [2.45, 2.75) is 46.1 Å². The fraction of sp³-hybridized carbons (Fsp3) is 0.533. The molecule has 3 heteroatoms. The van der Waals surface area contributed by atoms with E-state index in [-0.39, 0.29) is 17.5 Å². The Morgan fingerprint density at radius 3 is 2.44 bits per heavy atom. The van der Waals surface area contributed by atoms with Crippen LogP contribution >= 0.6 is 0 Å². The highest BCUT2D eigenvalue weighted by Gasteiger charge is 2.22. The largest absolute Gasteiger partial charge is 0.337 e. The van der Waals surface area contributed by atoms with Gasteiger partial charge in [-0.05, 0) is 31.9 Å². The maximum Gasteiger partial charge on any atom is 0.315 e. The lowest BCUT2D eigenvalue weighted by Crippen LogP contribution is -2.44. The van der Waals surface area contributed by atoms with E-state index in [0.29, 0.717) is 6.54 Å². The molecule has 0 atom stereocenters. The molecule has 2 N–H and O–H groups in total. The Bertz CT molecular complexity index is 411. The van der Waals surface area contributed by atoms with Gasteiger partial charge in [0.2, 0.25) is 0 Å². The van der Waals surface area contributed by atoms with Gasteiger partial charge in [-0.3, -0.25) is 0 Å². The molecule has 0 bridgehead atoms. The summed E-state index contributed by atoms with van der Waals surface area (Å²) >= 11 is 0. The van der Waals surface area contributed by atoms with Gasteiger partial charge in [0.05, 0.1) is 0 Å². The molecule has 1 aromatic carbocycles. The van der Waals surface area contributed by atoms with E-state index in [1.54, 1.807) is 0 Å². The van der Waals surface area contributed by atoms with Crippen LogP contribution in [0.15, 0.2) is 24.3 Å². The average Bonchev–Trinajstić information content (AvgIpc) is 2.26. The molecule has 0 fully saturated rings. The summed E-state index contributed by atoms with van der Waals surface area (Å²) in [7, 11) is 0. The van der Waals surface area contributed by atoms with Crippen LogP contribution in [0.3, 0.4) is 0 Å². The molecule has 2 amide bonds. The molecule has 1 rings (SSSR count). The maximum absolute atomic E-state index is 11.6. The molecule has 0 heterocycles. The second-order valence-corrected chi connectivity index (χ2v) is 5.68. The van der Waals surface area contributed by atoms with Gasteiger partial charge in [0.1, 0.15) is 0 Å². The van der Waals surface area contributed by atoms with Gasteiger partial charge in [-0.25, -0.2) is 4.79 Å². The van der Waals surface area contributed by atoms with Gasteiger partial charge in [-0.15, -0.1) is 0 Å². The monoisotopic (exact) mass is 248 g/mol. The third-order valence-corrected chi connectivity index (χ3v) is 2.98. The molecular formula is C15H24N2O. The van der Waals surface area contributed by atoms with Crippen molar-refractivity contribution in [3.05, 3.63) is 35.4 Å². The molecule has 18 heavy (non-hydrogen) atoms. The molecule has 100 valence electrons. The fourth-order valence-electron chi connectivity index (χ4n) is 2.04. The smallest absolute Gasteiger partial charge is 0.315 e. The van der Waals surface area contributed by atoms with Crippen molar-refractivity contribution in [3.63, 3.8) is 0 Å². The number of amides is 2. The number of nitrogens with one attached hydrogen (secondary N) is 2. The highest BCUT2D eigenvalue weighted by Crippen LogP contribution is 2.25. The summed E-state index contributed by atoms with van der Waals surface area (Å²) in [4.78, 5) is 11.6. The third-order valence-electron chi connectivity index (χ3n) is 2.98. The predicted molar refractivity (Wildman–Crippen MR) is 75.9 cm³/mol. The topological polar surface area (TPSA) is 41.1 Å². The molecule has 0 radical (unpaired) electrons. The standard InChI is InChI=1S/C15H24N2O/c1-11(2)17-14(18)16-10-15(4,5)13-9-7-6-8-12(13)3/h6-9,11H,10H2,1-5H3,(H2,16,17,18). The molecule has 0 aliphatic rings. The van der Waals surface area contributed by atoms with E-state index in [1.807, 2.05) is 26.0 Å². The number of hydrogen-bond donors (Lipinski definition) is 2. The average molecular weight is 248 g/mol. The zero-order valence-corrected chi connectivity index (χ0v) is 12.0. The van der Waals surface area contributed by atoms with Crippen LogP contribution in [0.25, 0.3) is 0 Å². The number of urea groups is 1. The van der Waals surface area contributed by atoms with Gasteiger partial charge in [0.25, 0.3) is 0 Å². The van der Waals surface area contributed by atoms with Crippen LogP contribution in [-0.2, 0) is 5.41 Å². The van der Waals surface area contributed by atoms with Crippen molar-refractivity contribution < 1.29 is 4.79 Å². The second kappa shape index (κ2) is 5.89. The zero-order valence-electron chi connectivity index (χ0n) is 12.0. The summed E-state index contributed by atoms with van der Waals surface area (Å²) in [6.07, 6.45) is 0. The van der Waals surface area contributed by atoms with Crippen LogP contribution in [0, 0.1) is 6.92 Å². The molecule has 0 spiro atoms. The molecule has 0 unspecified atom stereocenters. The van der Waals surface area contributed by atoms with Crippen molar-refractivity contribution >= 4 is 6.03 Å². The molecule has 0 aliphatic heterocycles. The minimum absolute atomic E-state index is 0.0698. The van der Waals surface area contributed by atoms with Gasteiger partial charge >= 0.3 is 6.03 Å². The summed E-state index contributed by atoms with van der Waals surface area (Å²) < 4.78 is 0. The molecule has 0 aliphatic carbocycles. The Balaban J connectivity index is 2.65. The molecule has 1 aromatic rings. The van der Waals surface area contributed by atoms with Crippen molar-refractivity contribution in [1.29, 1.82) is 0 Å². The normalized spacial score (nSPS) is 11.4. The first-order valence-corrected chi connectivity index (χ1v) is 6.43. The van der Waals surface area contributed by atoms with Crippen molar-refractivity contribution in [1.82, 2.24) is 10.6 Å². The van der Waals surface area contributed by atoms with Crippen molar-refractivity contribution in [3.8, 4) is 0 Å². The van der Waals surface area contributed by atoms with E-state index in [0.717, 1.165) is 0 Å². The third kappa shape index (κ3) is 4.06. The Hall–Kier alpha value is -1.51. The number of hydrogen-bond acceptors (Lipinski definition) is 1. The molecule has 0 saturated heterocycles. The minimum Gasteiger partial charge on any atom is -0.337 e. The van der Waals surface area contributed by atoms with Gasteiger partial charge in [0.15, 0.2) is 0 Å². The van der Waals surface area contributed by atoms with Crippen molar-refractivity contribution in [2.24, 2.45) is 0 Å². The molecule has 3 nitrogen and oxygen atoms in total. The fourth-order valence-corrected chi connectivity index (χ4v) is 2.04. The van der Waals surface area contributed by atoms with Crippen LogP contribution in [0.2, 0.25) is 0 Å². The van der Waals surface area contributed by atoms with Crippen LogP contribution in [-0.4, -0.2) is 18.6 Å². The minimum atomic E-state index is -0.105. The van der Waals surface area contributed by atoms with Gasteiger partial charge < -0.3 is 10.6 Å². The van der Waals surface area contributed by atoms with Gasteiger partial charge in [-0.2, -0.15) is 0 Å². The summed E-state index contributed by atoms with van der Waals surface area (Å²) in [5.74, 6) is 0.